The highest BCUT2D eigenvalue weighted by molar-refractivity contribution is 6.22. The summed E-state index contributed by atoms with van der Waals surface area (Å²) < 4.78 is 6.54. The third-order valence-electron chi connectivity index (χ3n) is 9.90. The Morgan fingerprint density at radius 2 is 1.10 bits per heavy atom. The Bertz CT molecular complexity index is 2830. The van der Waals surface area contributed by atoms with Crippen molar-refractivity contribution in [1.82, 2.24) is 5.32 Å². The van der Waals surface area contributed by atoms with E-state index in [0.717, 1.165) is 55.6 Å². The maximum Gasteiger partial charge on any atom is 0.159 e. The van der Waals surface area contributed by atoms with Gasteiger partial charge in [-0.1, -0.05) is 140 Å². The quantitative estimate of drug-likeness (QED) is 0.201. The Hall–Kier alpha value is -6.78. The van der Waals surface area contributed by atoms with Gasteiger partial charge < -0.3 is 9.73 Å². The predicted molar refractivity (Wildman–Crippen MR) is 211 cm³/mol. The van der Waals surface area contributed by atoms with Gasteiger partial charge in [-0.25, -0.2) is 9.98 Å². The first-order valence-electron chi connectivity index (χ1n) is 17.3. The van der Waals surface area contributed by atoms with Crippen LogP contribution in [0.1, 0.15) is 22.9 Å². The van der Waals surface area contributed by atoms with Gasteiger partial charge in [0.1, 0.15) is 23.2 Å². The summed E-state index contributed by atoms with van der Waals surface area (Å²) in [5.41, 5.74) is 9.35. The summed E-state index contributed by atoms with van der Waals surface area (Å²) in [5.74, 6) is 1.45. The van der Waals surface area contributed by atoms with E-state index in [-0.39, 0.29) is 6.17 Å². The molecular formula is C47H31N3O. The Kier molecular flexibility index (Phi) is 6.85. The standard InChI is InChI=1S/C47H31N3O/c1-3-10-30(11-4-1)35-21-19-32-20-23-38(28-39(32)27-35)46-48-45(33-13-5-2-6-14-33)49-47(50-46)41-16-9-17-42-44(41)40-25-24-37(29-43(40)51-42)36-22-18-31-12-7-8-15-34(31)26-36/h1-29,46H,(H,48,49,50). The van der Waals surface area contributed by atoms with E-state index >= 15 is 0 Å². The number of nitrogens with zero attached hydrogens (tertiary/aromatic N) is 2. The summed E-state index contributed by atoms with van der Waals surface area (Å²) in [5, 5.41) is 10.6. The van der Waals surface area contributed by atoms with Crippen LogP contribution in [-0.2, 0) is 0 Å². The number of rotatable bonds is 5. The molecule has 4 heteroatoms. The van der Waals surface area contributed by atoms with Crippen molar-refractivity contribution >= 4 is 55.2 Å². The van der Waals surface area contributed by atoms with Crippen molar-refractivity contribution in [3.05, 3.63) is 193 Å². The van der Waals surface area contributed by atoms with Crippen molar-refractivity contribution in [2.75, 3.05) is 0 Å². The second kappa shape index (κ2) is 12.0. The normalized spacial score (nSPS) is 14.5. The van der Waals surface area contributed by atoms with Gasteiger partial charge in [0.15, 0.2) is 5.84 Å². The number of benzene rings is 8. The van der Waals surface area contributed by atoms with E-state index in [1.54, 1.807) is 0 Å². The lowest BCUT2D eigenvalue weighted by atomic mass is 9.98. The van der Waals surface area contributed by atoms with Gasteiger partial charge in [-0.2, -0.15) is 0 Å². The SMILES string of the molecule is c1ccc(C2=NC(c3ccc4ccc(-c5ccccc5)cc4c3)NC(c3cccc4oc5cc(-c6ccc7ccccc7c6)ccc5c34)=N2)cc1. The Labute approximate surface area is 295 Å². The van der Waals surface area contributed by atoms with Crippen molar-refractivity contribution in [3.63, 3.8) is 0 Å². The van der Waals surface area contributed by atoms with E-state index in [2.05, 4.69) is 151 Å². The average Bonchev–Trinajstić information content (AvgIpc) is 3.59. The monoisotopic (exact) mass is 653 g/mol. The number of hydrogen-bond acceptors (Lipinski definition) is 4. The molecule has 0 saturated heterocycles. The highest BCUT2D eigenvalue weighted by atomic mass is 16.3. The first kappa shape index (κ1) is 29.2. The molecule has 1 atom stereocenters. The molecule has 1 aromatic heterocycles. The fourth-order valence-corrected chi connectivity index (χ4v) is 7.29. The second-order valence-corrected chi connectivity index (χ2v) is 13.1. The number of amidine groups is 2. The molecule has 0 amide bonds. The topological polar surface area (TPSA) is 49.9 Å². The van der Waals surface area contributed by atoms with E-state index in [0.29, 0.717) is 5.84 Å². The molecule has 0 bridgehead atoms. The summed E-state index contributed by atoms with van der Waals surface area (Å²) in [6, 6.07) is 61.7. The third-order valence-corrected chi connectivity index (χ3v) is 9.90. The summed E-state index contributed by atoms with van der Waals surface area (Å²) in [4.78, 5) is 10.3. The smallest absolute Gasteiger partial charge is 0.159 e. The van der Waals surface area contributed by atoms with Gasteiger partial charge in [-0.15, -0.1) is 0 Å². The Morgan fingerprint density at radius 1 is 0.451 bits per heavy atom. The number of nitrogens with one attached hydrogen (secondary N) is 1. The van der Waals surface area contributed by atoms with Gasteiger partial charge in [0, 0.05) is 21.9 Å². The molecule has 1 unspecified atom stereocenters. The summed E-state index contributed by atoms with van der Waals surface area (Å²) in [7, 11) is 0. The highest BCUT2D eigenvalue weighted by Crippen LogP contribution is 2.36. The van der Waals surface area contributed by atoms with Crippen LogP contribution in [0.2, 0.25) is 0 Å². The third kappa shape index (κ3) is 5.25. The molecular weight excluding hydrogens is 623 g/mol. The molecule has 51 heavy (non-hydrogen) atoms. The molecule has 4 nitrogen and oxygen atoms in total. The zero-order valence-corrected chi connectivity index (χ0v) is 27.6. The van der Waals surface area contributed by atoms with Crippen LogP contribution >= 0.6 is 0 Å². The zero-order valence-electron chi connectivity index (χ0n) is 27.6. The van der Waals surface area contributed by atoms with Crippen LogP contribution in [0.4, 0.5) is 0 Å². The lowest BCUT2D eigenvalue weighted by Gasteiger charge is -2.24. The molecule has 240 valence electrons. The number of hydrogen-bond donors (Lipinski definition) is 1. The highest BCUT2D eigenvalue weighted by Gasteiger charge is 2.24. The molecule has 1 aliphatic heterocycles. The van der Waals surface area contributed by atoms with Gasteiger partial charge >= 0.3 is 0 Å². The maximum absolute atomic E-state index is 6.54. The summed E-state index contributed by atoms with van der Waals surface area (Å²) in [6.45, 7) is 0. The zero-order chi connectivity index (χ0) is 33.7. The van der Waals surface area contributed by atoms with Crippen molar-refractivity contribution < 1.29 is 4.42 Å². The predicted octanol–water partition coefficient (Wildman–Crippen LogP) is 11.7. The Balaban J connectivity index is 1.07. The van der Waals surface area contributed by atoms with Crippen molar-refractivity contribution in [3.8, 4) is 22.3 Å². The van der Waals surface area contributed by atoms with Crippen LogP contribution in [0.3, 0.4) is 0 Å². The molecule has 0 saturated carbocycles. The molecule has 2 heterocycles. The van der Waals surface area contributed by atoms with Gasteiger partial charge in [-0.3, -0.25) is 0 Å². The summed E-state index contributed by atoms with van der Waals surface area (Å²) >= 11 is 0. The van der Waals surface area contributed by atoms with Gasteiger partial charge in [-0.05, 0) is 85.8 Å². The van der Waals surface area contributed by atoms with Gasteiger partial charge in [0.25, 0.3) is 0 Å². The van der Waals surface area contributed by atoms with Crippen LogP contribution in [0.25, 0.3) is 65.7 Å². The van der Waals surface area contributed by atoms with E-state index in [9.17, 15) is 0 Å². The van der Waals surface area contributed by atoms with Crippen LogP contribution in [0.15, 0.2) is 190 Å². The fraction of sp³-hybridized carbons (Fsp3) is 0.0213. The van der Waals surface area contributed by atoms with E-state index < -0.39 is 0 Å². The van der Waals surface area contributed by atoms with E-state index in [1.165, 1.54) is 32.7 Å². The minimum absolute atomic E-state index is 0.342. The molecule has 1 N–H and O–H groups in total. The van der Waals surface area contributed by atoms with Gasteiger partial charge in [0.2, 0.25) is 0 Å². The van der Waals surface area contributed by atoms with Crippen LogP contribution < -0.4 is 5.32 Å². The molecule has 8 aromatic carbocycles. The number of furan rings is 1. The minimum atomic E-state index is -0.342. The maximum atomic E-state index is 6.54. The average molecular weight is 654 g/mol. The molecule has 0 aliphatic carbocycles. The molecule has 9 aromatic rings. The van der Waals surface area contributed by atoms with Gasteiger partial charge in [0.05, 0.1) is 0 Å². The summed E-state index contributed by atoms with van der Waals surface area (Å²) in [6.07, 6.45) is -0.342. The van der Waals surface area contributed by atoms with Crippen LogP contribution in [-0.4, -0.2) is 11.7 Å². The minimum Gasteiger partial charge on any atom is -0.456 e. The lowest BCUT2D eigenvalue weighted by molar-refractivity contribution is 0.668. The lowest BCUT2D eigenvalue weighted by Crippen LogP contribution is -2.33. The number of aliphatic imine (C=N–C) groups is 2. The van der Waals surface area contributed by atoms with E-state index in [1.807, 2.05) is 30.3 Å². The molecule has 1 aliphatic rings. The largest absolute Gasteiger partial charge is 0.456 e. The van der Waals surface area contributed by atoms with Crippen molar-refractivity contribution in [2.24, 2.45) is 9.98 Å². The second-order valence-electron chi connectivity index (χ2n) is 13.1. The molecule has 0 radical (unpaired) electrons. The molecule has 0 fully saturated rings. The first-order valence-corrected chi connectivity index (χ1v) is 17.3. The van der Waals surface area contributed by atoms with E-state index in [4.69, 9.17) is 14.4 Å². The molecule has 10 rings (SSSR count). The fourth-order valence-electron chi connectivity index (χ4n) is 7.29. The Morgan fingerprint density at radius 3 is 1.92 bits per heavy atom. The number of fused-ring (bicyclic) bond motifs is 5. The first-order chi connectivity index (χ1) is 25.2. The van der Waals surface area contributed by atoms with Crippen LogP contribution in [0, 0.1) is 0 Å². The van der Waals surface area contributed by atoms with Crippen molar-refractivity contribution in [1.29, 1.82) is 0 Å². The van der Waals surface area contributed by atoms with Crippen LogP contribution in [0.5, 0.6) is 0 Å². The molecule has 0 spiro atoms. The van der Waals surface area contributed by atoms with Crippen molar-refractivity contribution in [2.45, 2.75) is 6.17 Å².